The highest BCUT2D eigenvalue weighted by Crippen LogP contribution is 2.26. The van der Waals surface area contributed by atoms with Gasteiger partial charge in [-0.2, -0.15) is 0 Å². The molecule has 1 aliphatic rings. The Morgan fingerprint density at radius 1 is 1.43 bits per heavy atom. The second-order valence-corrected chi connectivity index (χ2v) is 7.29. The van der Waals surface area contributed by atoms with Crippen LogP contribution < -0.4 is 9.62 Å². The smallest absolute Gasteiger partial charge is 0.237 e. The van der Waals surface area contributed by atoms with E-state index in [0.29, 0.717) is 31.2 Å². The van der Waals surface area contributed by atoms with Gasteiger partial charge in [0.15, 0.2) is 5.82 Å². The number of morpholine rings is 1. The number of hydrogen-bond donors (Lipinski definition) is 1. The summed E-state index contributed by atoms with van der Waals surface area (Å²) in [5, 5.41) is 0. The van der Waals surface area contributed by atoms with Crippen molar-refractivity contribution >= 4 is 21.7 Å². The number of anilines is 1. The predicted molar refractivity (Wildman–Crippen MR) is 84.5 cm³/mol. The van der Waals surface area contributed by atoms with Crippen LogP contribution in [-0.4, -0.2) is 75.8 Å². The van der Waals surface area contributed by atoms with Crippen LogP contribution in [0.3, 0.4) is 0 Å². The zero-order valence-electron chi connectivity index (χ0n) is 13.4. The second-order valence-electron chi connectivity index (χ2n) is 5.45. The lowest BCUT2D eigenvalue weighted by Gasteiger charge is -2.33. The van der Waals surface area contributed by atoms with Gasteiger partial charge in [0, 0.05) is 33.0 Å². The Kier molecular flexibility index (Phi) is 5.50. The number of carbonyl (C=O) groups is 1. The summed E-state index contributed by atoms with van der Waals surface area (Å²) >= 11 is 0. The number of rotatable bonds is 5. The van der Waals surface area contributed by atoms with E-state index in [1.165, 1.54) is 0 Å². The molecular formula is C13H21N5O4S. The first-order chi connectivity index (χ1) is 10.8. The third-order valence-electron chi connectivity index (χ3n) is 3.34. The lowest BCUT2D eigenvalue weighted by Crippen LogP contribution is -2.46. The van der Waals surface area contributed by atoms with Gasteiger partial charge in [-0.3, -0.25) is 9.78 Å². The van der Waals surface area contributed by atoms with Crippen LogP contribution in [0.15, 0.2) is 12.4 Å². The number of hydrogen-bond acceptors (Lipinski definition) is 7. The van der Waals surface area contributed by atoms with Crippen molar-refractivity contribution in [1.82, 2.24) is 19.6 Å². The molecule has 1 N–H and O–H groups in total. The topological polar surface area (TPSA) is 105 Å². The van der Waals surface area contributed by atoms with E-state index in [0.717, 1.165) is 6.26 Å². The van der Waals surface area contributed by atoms with Gasteiger partial charge in [-0.1, -0.05) is 0 Å². The summed E-state index contributed by atoms with van der Waals surface area (Å²) in [5.74, 6) is 0.389. The van der Waals surface area contributed by atoms with Crippen LogP contribution in [0.5, 0.6) is 0 Å². The summed E-state index contributed by atoms with van der Waals surface area (Å²) in [4.78, 5) is 24.1. The van der Waals surface area contributed by atoms with Crippen LogP contribution in [0.25, 0.3) is 0 Å². The Balaban J connectivity index is 2.08. The maximum atomic E-state index is 12.1. The molecule has 1 aromatic rings. The fourth-order valence-electron chi connectivity index (χ4n) is 2.26. The molecular weight excluding hydrogens is 322 g/mol. The average molecular weight is 343 g/mol. The van der Waals surface area contributed by atoms with Gasteiger partial charge in [-0.15, -0.1) is 0 Å². The number of sulfonamides is 1. The molecule has 1 aliphatic heterocycles. The maximum Gasteiger partial charge on any atom is 0.237 e. The van der Waals surface area contributed by atoms with Gasteiger partial charge < -0.3 is 14.5 Å². The molecule has 0 unspecified atom stereocenters. The molecule has 1 atom stereocenters. The summed E-state index contributed by atoms with van der Waals surface area (Å²) in [5.41, 5.74) is 0.658. The van der Waals surface area contributed by atoms with Crippen LogP contribution in [0.1, 0.15) is 11.8 Å². The van der Waals surface area contributed by atoms with Crippen molar-refractivity contribution in [3.05, 3.63) is 18.1 Å². The van der Waals surface area contributed by atoms with E-state index in [2.05, 4.69) is 14.7 Å². The Hall–Kier alpha value is -1.78. The summed E-state index contributed by atoms with van der Waals surface area (Å²) in [6.07, 6.45) is 3.81. The zero-order chi connectivity index (χ0) is 17.0. The van der Waals surface area contributed by atoms with Crippen LogP contribution >= 0.6 is 0 Å². The highest BCUT2D eigenvalue weighted by Gasteiger charge is 2.29. The van der Waals surface area contributed by atoms with Gasteiger partial charge >= 0.3 is 0 Å². The van der Waals surface area contributed by atoms with Crippen LogP contribution in [0, 0.1) is 0 Å². The molecule has 1 saturated heterocycles. The maximum absolute atomic E-state index is 12.1. The van der Waals surface area contributed by atoms with Crippen molar-refractivity contribution in [2.75, 3.05) is 51.5 Å². The normalized spacial score (nSPS) is 18.7. The summed E-state index contributed by atoms with van der Waals surface area (Å²) in [6.45, 7) is 0.827. The number of carbonyl (C=O) groups excluding carboxylic acids is 1. The van der Waals surface area contributed by atoms with E-state index in [-0.39, 0.29) is 12.5 Å². The largest absolute Gasteiger partial charge is 0.368 e. The fraction of sp³-hybridized carbons (Fsp3) is 0.615. The van der Waals surface area contributed by atoms with E-state index in [1.54, 1.807) is 17.3 Å². The highest BCUT2D eigenvalue weighted by atomic mass is 32.2. The summed E-state index contributed by atoms with van der Waals surface area (Å²) in [7, 11) is 0.314. The third-order valence-corrected chi connectivity index (χ3v) is 4.01. The minimum atomic E-state index is -3.40. The quantitative estimate of drug-likeness (QED) is 0.730. The molecule has 0 radical (unpaired) electrons. The van der Waals surface area contributed by atoms with Gasteiger partial charge in [-0.25, -0.2) is 18.1 Å². The SMILES string of the molecule is CN(C)c1nccnc1[C@H]1CN(C(=O)CNS(C)(=O)=O)CCO1. The number of ether oxygens (including phenoxy) is 1. The molecule has 2 rings (SSSR count). The third kappa shape index (κ3) is 4.85. The Bertz CT molecular complexity index is 664. The first-order valence-corrected chi connectivity index (χ1v) is 8.99. The number of aromatic nitrogens is 2. The molecule has 1 fully saturated rings. The first kappa shape index (κ1) is 17.6. The molecule has 2 heterocycles. The Labute approximate surface area is 135 Å². The van der Waals surface area contributed by atoms with E-state index >= 15 is 0 Å². The number of nitrogens with one attached hydrogen (secondary N) is 1. The van der Waals surface area contributed by atoms with Crippen molar-refractivity contribution in [3.8, 4) is 0 Å². The van der Waals surface area contributed by atoms with E-state index in [4.69, 9.17) is 4.74 Å². The lowest BCUT2D eigenvalue weighted by atomic mass is 10.2. The van der Waals surface area contributed by atoms with E-state index in [1.807, 2.05) is 19.0 Å². The van der Waals surface area contributed by atoms with Crippen LogP contribution in [0.2, 0.25) is 0 Å². The average Bonchev–Trinajstić information content (AvgIpc) is 2.52. The van der Waals surface area contributed by atoms with Crippen LogP contribution in [-0.2, 0) is 19.6 Å². The molecule has 128 valence electrons. The predicted octanol–water partition coefficient (Wildman–Crippen LogP) is -1.01. The molecule has 0 aromatic carbocycles. The Morgan fingerprint density at radius 2 is 2.13 bits per heavy atom. The molecule has 1 amide bonds. The van der Waals surface area contributed by atoms with E-state index in [9.17, 15) is 13.2 Å². The van der Waals surface area contributed by atoms with Crippen molar-refractivity contribution in [3.63, 3.8) is 0 Å². The number of amides is 1. The van der Waals surface area contributed by atoms with Crippen molar-refractivity contribution in [2.24, 2.45) is 0 Å². The monoisotopic (exact) mass is 343 g/mol. The molecule has 0 spiro atoms. The van der Waals surface area contributed by atoms with E-state index < -0.39 is 16.1 Å². The van der Waals surface area contributed by atoms with Gasteiger partial charge in [-0.05, 0) is 0 Å². The Morgan fingerprint density at radius 3 is 2.78 bits per heavy atom. The minimum absolute atomic E-state index is 0.257. The molecule has 23 heavy (non-hydrogen) atoms. The lowest BCUT2D eigenvalue weighted by molar-refractivity contribution is -0.137. The van der Waals surface area contributed by atoms with Crippen molar-refractivity contribution < 1.29 is 17.9 Å². The number of nitrogens with zero attached hydrogens (tertiary/aromatic N) is 4. The highest BCUT2D eigenvalue weighted by molar-refractivity contribution is 7.88. The van der Waals surface area contributed by atoms with Crippen LogP contribution in [0.4, 0.5) is 5.82 Å². The molecule has 1 aromatic heterocycles. The zero-order valence-corrected chi connectivity index (χ0v) is 14.2. The molecule has 9 nitrogen and oxygen atoms in total. The van der Waals surface area contributed by atoms with Crippen molar-refractivity contribution in [1.29, 1.82) is 0 Å². The van der Waals surface area contributed by atoms with Gasteiger partial charge in [0.25, 0.3) is 0 Å². The molecule has 10 heteroatoms. The fourth-order valence-corrected chi connectivity index (χ4v) is 2.64. The second kappa shape index (κ2) is 7.20. The van der Waals surface area contributed by atoms with Crippen molar-refractivity contribution in [2.45, 2.75) is 6.10 Å². The van der Waals surface area contributed by atoms with Gasteiger partial charge in [0.05, 0.1) is 26.0 Å². The standard InChI is InChI=1S/C13H21N5O4S/c1-17(2)13-12(14-4-5-15-13)10-9-18(6-7-22-10)11(19)8-16-23(3,20)21/h4-5,10,16H,6-9H2,1-3H3/t10-/m1/s1. The minimum Gasteiger partial charge on any atom is -0.368 e. The molecule has 0 aliphatic carbocycles. The van der Waals surface area contributed by atoms with Gasteiger partial charge in [0.2, 0.25) is 15.9 Å². The first-order valence-electron chi connectivity index (χ1n) is 7.10. The van der Waals surface area contributed by atoms with Gasteiger partial charge in [0.1, 0.15) is 11.8 Å². The summed E-state index contributed by atoms with van der Waals surface area (Å²) < 4.78 is 30.1. The summed E-state index contributed by atoms with van der Waals surface area (Å²) in [6, 6.07) is 0. The molecule has 0 bridgehead atoms. The molecule has 0 saturated carbocycles.